The molecule has 0 aromatic carbocycles. The van der Waals surface area contributed by atoms with Crippen LogP contribution in [0.3, 0.4) is 0 Å². The minimum Gasteiger partial charge on any atom is -0.331 e. The molecule has 0 heterocycles. The van der Waals surface area contributed by atoms with Crippen LogP contribution < -0.4 is 0 Å². The van der Waals surface area contributed by atoms with Crippen molar-refractivity contribution in [1.29, 1.82) is 0 Å². The Morgan fingerprint density at radius 2 is 1.36 bits per heavy atom. The molecule has 0 aliphatic heterocycles. The van der Waals surface area contributed by atoms with Crippen LogP contribution in [0, 0.1) is 5.92 Å². The molecule has 0 aliphatic carbocycles. The van der Waals surface area contributed by atoms with Gasteiger partial charge in [-0.1, -0.05) is 27.7 Å². The summed E-state index contributed by atoms with van der Waals surface area (Å²) >= 11 is 0. The molecular weight excluding hydrogens is 134 g/mol. The summed E-state index contributed by atoms with van der Waals surface area (Å²) in [6.45, 7) is 9.84. The lowest BCUT2D eigenvalue weighted by Gasteiger charge is -2.24. The second-order valence-corrected chi connectivity index (χ2v) is 4.20. The van der Waals surface area contributed by atoms with Gasteiger partial charge in [0.25, 0.3) is 0 Å². The highest BCUT2D eigenvalue weighted by atomic mass is 15.3. The van der Waals surface area contributed by atoms with Crippen molar-refractivity contribution in [3.8, 4) is 0 Å². The molecule has 0 bridgehead atoms. The van der Waals surface area contributed by atoms with Crippen LogP contribution in [0.15, 0.2) is 0 Å². The van der Waals surface area contributed by atoms with E-state index in [-0.39, 0.29) is 0 Å². The lowest BCUT2D eigenvalue weighted by Crippen LogP contribution is -2.35. The molecule has 11 heavy (non-hydrogen) atoms. The van der Waals surface area contributed by atoms with Crippen LogP contribution in [0.2, 0.25) is 0 Å². The Kier molecular flexibility index (Phi) is 8.20. The largest absolute Gasteiger partial charge is 0.331 e. The van der Waals surface area contributed by atoms with Gasteiger partial charge in [0.2, 0.25) is 0 Å². The van der Waals surface area contributed by atoms with Crippen molar-refractivity contribution in [3.63, 3.8) is 0 Å². The Bertz CT molecular complexity index is 69.4. The highest BCUT2D eigenvalue weighted by Gasteiger charge is 2.06. The summed E-state index contributed by atoms with van der Waals surface area (Å²) in [5, 5.41) is 0. The summed E-state index contributed by atoms with van der Waals surface area (Å²) in [6, 6.07) is 0. The summed E-state index contributed by atoms with van der Waals surface area (Å²) in [5.74, 6) is 0.849. The summed E-state index contributed by atoms with van der Waals surface area (Å²) in [4.78, 5) is 0. The predicted octanol–water partition coefficient (Wildman–Crippen LogP) is 2.76. The van der Waals surface area contributed by atoms with Gasteiger partial charge in [-0.3, -0.25) is 0 Å². The molecule has 70 valence electrons. The lowest BCUT2D eigenvalue weighted by molar-refractivity contribution is -0.870. The van der Waals surface area contributed by atoms with E-state index in [1.807, 2.05) is 13.8 Å². The van der Waals surface area contributed by atoms with E-state index in [0.717, 1.165) is 10.4 Å². The maximum Gasteiger partial charge on any atom is 0.0782 e. The van der Waals surface area contributed by atoms with Crippen LogP contribution in [0.25, 0.3) is 0 Å². The van der Waals surface area contributed by atoms with Crippen LogP contribution in [0.4, 0.5) is 0 Å². The number of hydrogen-bond acceptors (Lipinski definition) is 0. The van der Waals surface area contributed by atoms with Gasteiger partial charge < -0.3 is 4.48 Å². The standard InChI is InChI=1S/C8H20N.C2H6/c1-8(2)6-7-9(3,4)5;1-2/h8H,6-7H2,1-5H3;1-2H3/q+1;. The predicted molar refractivity (Wildman–Crippen MR) is 53.7 cm³/mol. The molecular formula is C10H26N+. The van der Waals surface area contributed by atoms with Gasteiger partial charge >= 0.3 is 0 Å². The van der Waals surface area contributed by atoms with Gasteiger partial charge in [0, 0.05) is 0 Å². The molecule has 0 N–H and O–H groups in total. The number of hydrogen-bond donors (Lipinski definition) is 0. The van der Waals surface area contributed by atoms with Gasteiger partial charge in [0.1, 0.15) is 0 Å². The minimum atomic E-state index is 0.849. The highest BCUT2D eigenvalue weighted by molar-refractivity contribution is 4.41. The SMILES string of the molecule is CC.CC(C)CC[N+](C)(C)C. The zero-order valence-corrected chi connectivity index (χ0v) is 9.44. The van der Waals surface area contributed by atoms with Gasteiger partial charge in [-0.15, -0.1) is 0 Å². The van der Waals surface area contributed by atoms with Gasteiger partial charge in [-0.25, -0.2) is 0 Å². The first-order valence-electron chi connectivity index (χ1n) is 4.72. The van der Waals surface area contributed by atoms with Crippen LogP contribution in [-0.4, -0.2) is 32.2 Å². The third-order valence-electron chi connectivity index (χ3n) is 1.38. The van der Waals surface area contributed by atoms with Crippen LogP contribution in [0.5, 0.6) is 0 Å². The highest BCUT2D eigenvalue weighted by Crippen LogP contribution is 2.02. The van der Waals surface area contributed by atoms with Crippen molar-refractivity contribution < 1.29 is 4.48 Å². The van der Waals surface area contributed by atoms with E-state index >= 15 is 0 Å². The molecule has 1 nitrogen and oxygen atoms in total. The van der Waals surface area contributed by atoms with E-state index < -0.39 is 0 Å². The third kappa shape index (κ3) is 17.8. The first-order valence-corrected chi connectivity index (χ1v) is 4.72. The van der Waals surface area contributed by atoms with Crippen molar-refractivity contribution in [2.75, 3.05) is 27.7 Å². The number of rotatable bonds is 3. The maximum absolute atomic E-state index is 2.27. The quantitative estimate of drug-likeness (QED) is 0.557. The molecule has 0 saturated carbocycles. The fourth-order valence-corrected chi connectivity index (χ4v) is 0.645. The normalized spacial score (nSPS) is 10.9. The van der Waals surface area contributed by atoms with Crippen LogP contribution >= 0.6 is 0 Å². The van der Waals surface area contributed by atoms with Crippen LogP contribution in [-0.2, 0) is 0 Å². The van der Waals surface area contributed by atoms with E-state index in [2.05, 4.69) is 35.0 Å². The van der Waals surface area contributed by atoms with Crippen molar-refractivity contribution >= 4 is 0 Å². The molecule has 0 fully saturated rings. The molecule has 0 atom stereocenters. The topological polar surface area (TPSA) is 0 Å². The van der Waals surface area contributed by atoms with E-state index in [0.29, 0.717) is 0 Å². The molecule has 0 aromatic rings. The summed E-state index contributed by atoms with van der Waals surface area (Å²) in [5.41, 5.74) is 0. The van der Waals surface area contributed by atoms with Crippen molar-refractivity contribution in [2.24, 2.45) is 5.92 Å². The van der Waals surface area contributed by atoms with E-state index in [1.165, 1.54) is 13.0 Å². The minimum absolute atomic E-state index is 0.849. The van der Waals surface area contributed by atoms with E-state index in [1.54, 1.807) is 0 Å². The molecule has 1 heteroatoms. The zero-order chi connectivity index (χ0) is 9.49. The molecule has 0 radical (unpaired) electrons. The summed E-state index contributed by atoms with van der Waals surface area (Å²) in [6.07, 6.45) is 1.34. The number of quaternary nitrogens is 1. The maximum atomic E-state index is 2.27. The van der Waals surface area contributed by atoms with Crippen LogP contribution in [0.1, 0.15) is 34.1 Å². The Morgan fingerprint density at radius 3 is 1.45 bits per heavy atom. The molecule has 0 amide bonds. The molecule has 0 saturated heterocycles. The van der Waals surface area contributed by atoms with E-state index in [9.17, 15) is 0 Å². The first kappa shape index (κ1) is 13.5. The zero-order valence-electron chi connectivity index (χ0n) is 9.44. The third-order valence-corrected chi connectivity index (χ3v) is 1.38. The van der Waals surface area contributed by atoms with Gasteiger partial charge in [0.15, 0.2) is 0 Å². The smallest absolute Gasteiger partial charge is 0.0782 e. The van der Waals surface area contributed by atoms with Gasteiger partial charge in [-0.05, 0) is 12.3 Å². The molecule has 0 unspecified atom stereocenters. The lowest BCUT2D eigenvalue weighted by atomic mass is 10.1. The van der Waals surface area contributed by atoms with Crippen molar-refractivity contribution in [1.82, 2.24) is 0 Å². The molecule has 0 rings (SSSR count). The van der Waals surface area contributed by atoms with Gasteiger partial charge in [0.05, 0.1) is 27.7 Å². The first-order chi connectivity index (χ1) is 4.92. The monoisotopic (exact) mass is 160 g/mol. The fraction of sp³-hybridized carbons (Fsp3) is 1.00. The Balaban J connectivity index is 0. The average molecular weight is 160 g/mol. The molecule has 0 aromatic heterocycles. The summed E-state index contributed by atoms with van der Waals surface area (Å²) < 4.78 is 1.10. The van der Waals surface area contributed by atoms with E-state index in [4.69, 9.17) is 0 Å². The second-order valence-electron chi connectivity index (χ2n) is 4.20. The number of nitrogens with zero attached hydrogens (tertiary/aromatic N) is 1. The molecule has 0 spiro atoms. The van der Waals surface area contributed by atoms with Gasteiger partial charge in [-0.2, -0.15) is 0 Å². The molecule has 0 aliphatic rings. The average Bonchev–Trinajstić information content (AvgIpc) is 1.87. The second kappa shape index (κ2) is 6.66. The Labute approximate surface area is 73.0 Å². The Morgan fingerprint density at radius 1 is 1.00 bits per heavy atom. The fourth-order valence-electron chi connectivity index (χ4n) is 0.645. The summed E-state index contributed by atoms with van der Waals surface area (Å²) in [7, 11) is 6.72. The van der Waals surface area contributed by atoms with Crippen molar-refractivity contribution in [3.05, 3.63) is 0 Å². The van der Waals surface area contributed by atoms with Crippen molar-refractivity contribution in [2.45, 2.75) is 34.1 Å². The Hall–Kier alpha value is -0.0400.